The van der Waals surface area contributed by atoms with Crippen LogP contribution in [0.3, 0.4) is 0 Å². The monoisotopic (exact) mass is 527 g/mol. The summed E-state index contributed by atoms with van der Waals surface area (Å²) in [6, 6.07) is 9.95. The lowest BCUT2D eigenvalue weighted by atomic mass is 10.0. The van der Waals surface area contributed by atoms with E-state index in [0.717, 1.165) is 58.0 Å². The average Bonchev–Trinajstić information content (AvgIpc) is 3.52. The summed E-state index contributed by atoms with van der Waals surface area (Å²) in [5, 5.41) is 3.02. The standard InChI is InChI=1S/C26H29N3O5S2/c1-17(18-6-9-22-23(13-18)36-26(30)29(22)16-31-2)25-28-21(15-35-25)20-8-7-19(14-27-20)32-11-12-34-24-5-3-4-10-33-24/h6-9,13-15,17,24H,3-5,10-12,16H2,1-2H3. The first-order valence-corrected chi connectivity index (χ1v) is 13.7. The molecule has 3 aromatic heterocycles. The minimum atomic E-state index is -0.104. The number of pyridine rings is 1. The normalized spacial score (nSPS) is 16.9. The van der Waals surface area contributed by atoms with Gasteiger partial charge in [0.25, 0.3) is 0 Å². The Morgan fingerprint density at radius 3 is 2.89 bits per heavy atom. The molecule has 1 aromatic carbocycles. The van der Waals surface area contributed by atoms with Crippen LogP contribution in [0.15, 0.2) is 46.7 Å². The van der Waals surface area contributed by atoms with E-state index in [-0.39, 0.29) is 23.8 Å². The fourth-order valence-electron chi connectivity index (χ4n) is 4.15. The van der Waals surface area contributed by atoms with Gasteiger partial charge in [-0.3, -0.25) is 14.3 Å². The molecule has 5 rings (SSSR count). The van der Waals surface area contributed by atoms with Crippen molar-refractivity contribution in [2.45, 2.75) is 45.1 Å². The summed E-state index contributed by atoms with van der Waals surface area (Å²) in [7, 11) is 1.59. The highest BCUT2D eigenvalue weighted by Crippen LogP contribution is 2.32. The minimum absolute atomic E-state index is 0.0162. The second-order valence-electron chi connectivity index (χ2n) is 8.63. The Balaban J connectivity index is 1.20. The maximum Gasteiger partial charge on any atom is 0.310 e. The van der Waals surface area contributed by atoms with Crippen LogP contribution in [0.5, 0.6) is 5.75 Å². The quantitative estimate of drug-likeness (QED) is 0.260. The van der Waals surface area contributed by atoms with Gasteiger partial charge in [-0.05, 0) is 49.1 Å². The van der Waals surface area contributed by atoms with Crippen molar-refractivity contribution in [3.8, 4) is 17.1 Å². The highest BCUT2D eigenvalue weighted by molar-refractivity contribution is 7.16. The number of rotatable bonds is 10. The van der Waals surface area contributed by atoms with Gasteiger partial charge >= 0.3 is 4.87 Å². The Morgan fingerprint density at radius 2 is 2.11 bits per heavy atom. The maximum absolute atomic E-state index is 12.3. The molecule has 190 valence electrons. The molecule has 2 atom stereocenters. The molecule has 0 N–H and O–H groups in total. The van der Waals surface area contributed by atoms with Gasteiger partial charge in [-0.2, -0.15) is 0 Å². The SMILES string of the molecule is COCn1c(=O)sc2cc(C(C)c3nc(-c4ccc(OCCOC5CCCCO5)cn4)cs3)ccc21. The van der Waals surface area contributed by atoms with E-state index in [9.17, 15) is 4.79 Å². The molecule has 0 aliphatic carbocycles. The van der Waals surface area contributed by atoms with Crippen molar-refractivity contribution >= 4 is 32.9 Å². The molecule has 4 aromatic rings. The van der Waals surface area contributed by atoms with E-state index < -0.39 is 0 Å². The first-order valence-electron chi connectivity index (χ1n) is 12.0. The van der Waals surface area contributed by atoms with Crippen LogP contribution < -0.4 is 9.61 Å². The zero-order chi connectivity index (χ0) is 24.9. The van der Waals surface area contributed by atoms with Gasteiger partial charge in [-0.15, -0.1) is 11.3 Å². The topological polar surface area (TPSA) is 84.7 Å². The molecular weight excluding hydrogens is 498 g/mol. The molecule has 2 unspecified atom stereocenters. The van der Waals surface area contributed by atoms with Crippen LogP contribution in [0.2, 0.25) is 0 Å². The van der Waals surface area contributed by atoms with Crippen LogP contribution in [0.4, 0.5) is 0 Å². The van der Waals surface area contributed by atoms with Crippen molar-refractivity contribution in [1.29, 1.82) is 0 Å². The van der Waals surface area contributed by atoms with Crippen molar-refractivity contribution in [2.24, 2.45) is 0 Å². The fraction of sp³-hybridized carbons (Fsp3) is 0.423. The third-order valence-corrected chi connectivity index (χ3v) is 8.10. The molecular formula is C26H29N3O5S2. The second-order valence-corrected chi connectivity index (χ2v) is 10.5. The Bertz CT molecular complexity index is 1340. The van der Waals surface area contributed by atoms with Crippen molar-refractivity contribution in [1.82, 2.24) is 14.5 Å². The molecule has 1 fully saturated rings. The van der Waals surface area contributed by atoms with Gasteiger partial charge in [0, 0.05) is 25.0 Å². The van der Waals surface area contributed by atoms with Crippen molar-refractivity contribution < 1.29 is 18.9 Å². The fourth-order valence-corrected chi connectivity index (χ4v) is 5.97. The van der Waals surface area contributed by atoms with Crippen molar-refractivity contribution in [3.63, 3.8) is 0 Å². The predicted molar refractivity (Wildman–Crippen MR) is 141 cm³/mol. The molecule has 0 bridgehead atoms. The second kappa shape index (κ2) is 11.6. The van der Waals surface area contributed by atoms with E-state index in [1.807, 2.05) is 23.6 Å². The Hall–Kier alpha value is -2.63. The Morgan fingerprint density at radius 1 is 1.19 bits per heavy atom. The van der Waals surface area contributed by atoms with Gasteiger partial charge in [0.15, 0.2) is 6.29 Å². The first-order chi connectivity index (χ1) is 17.6. The summed E-state index contributed by atoms with van der Waals surface area (Å²) in [6.07, 6.45) is 4.82. The zero-order valence-corrected chi connectivity index (χ0v) is 22.0. The summed E-state index contributed by atoms with van der Waals surface area (Å²) in [5.41, 5.74) is 3.65. The molecule has 8 nitrogen and oxygen atoms in total. The number of nitrogens with zero attached hydrogens (tertiary/aromatic N) is 3. The van der Waals surface area contributed by atoms with Gasteiger partial charge < -0.3 is 18.9 Å². The third-order valence-electron chi connectivity index (χ3n) is 6.14. The van der Waals surface area contributed by atoms with Crippen LogP contribution in [0.1, 0.15) is 42.7 Å². The zero-order valence-electron chi connectivity index (χ0n) is 20.3. The number of benzene rings is 1. The van der Waals surface area contributed by atoms with Gasteiger partial charge in [-0.25, -0.2) is 4.98 Å². The lowest BCUT2D eigenvalue weighted by Gasteiger charge is -2.22. The predicted octanol–water partition coefficient (Wildman–Crippen LogP) is 5.26. The molecule has 0 spiro atoms. The van der Waals surface area contributed by atoms with E-state index >= 15 is 0 Å². The molecule has 0 radical (unpaired) electrons. The van der Waals surface area contributed by atoms with E-state index in [2.05, 4.69) is 24.0 Å². The number of fused-ring (bicyclic) bond motifs is 1. The van der Waals surface area contributed by atoms with E-state index in [1.165, 1.54) is 11.3 Å². The van der Waals surface area contributed by atoms with Gasteiger partial charge in [0.2, 0.25) is 0 Å². The van der Waals surface area contributed by atoms with Crippen LogP contribution in [-0.4, -0.2) is 47.8 Å². The number of ether oxygens (including phenoxy) is 4. The summed E-state index contributed by atoms with van der Waals surface area (Å²) in [5.74, 6) is 0.792. The lowest BCUT2D eigenvalue weighted by molar-refractivity contribution is -0.165. The van der Waals surface area contributed by atoms with E-state index in [4.69, 9.17) is 23.9 Å². The molecule has 10 heteroatoms. The molecule has 0 amide bonds. The summed E-state index contributed by atoms with van der Waals surface area (Å²) in [4.78, 5) is 21.6. The highest BCUT2D eigenvalue weighted by Gasteiger charge is 2.17. The minimum Gasteiger partial charge on any atom is -0.490 e. The molecule has 36 heavy (non-hydrogen) atoms. The number of hydrogen-bond acceptors (Lipinski definition) is 9. The average molecular weight is 528 g/mol. The molecule has 4 heterocycles. The summed E-state index contributed by atoms with van der Waals surface area (Å²) in [6.45, 7) is 4.09. The van der Waals surface area contributed by atoms with E-state index in [0.29, 0.717) is 19.0 Å². The van der Waals surface area contributed by atoms with Crippen molar-refractivity contribution in [2.75, 3.05) is 26.9 Å². The molecule has 1 aliphatic rings. The molecule has 1 aliphatic heterocycles. The van der Waals surface area contributed by atoms with Crippen LogP contribution in [0, 0.1) is 0 Å². The first kappa shape index (κ1) is 25.0. The molecule has 0 saturated carbocycles. The van der Waals surface area contributed by atoms with Crippen LogP contribution in [0.25, 0.3) is 21.6 Å². The Labute approximate surface area is 217 Å². The number of aromatic nitrogens is 3. The Kier molecular flexibility index (Phi) is 8.08. The largest absolute Gasteiger partial charge is 0.490 e. The van der Waals surface area contributed by atoms with Crippen LogP contribution in [-0.2, 0) is 20.9 Å². The van der Waals surface area contributed by atoms with E-state index in [1.54, 1.807) is 29.2 Å². The summed E-state index contributed by atoms with van der Waals surface area (Å²) >= 11 is 2.85. The van der Waals surface area contributed by atoms with Gasteiger partial charge in [0.05, 0.1) is 34.4 Å². The smallest absolute Gasteiger partial charge is 0.310 e. The van der Waals surface area contributed by atoms with Crippen molar-refractivity contribution in [3.05, 3.63) is 62.1 Å². The summed E-state index contributed by atoms with van der Waals surface area (Å²) < 4.78 is 24.8. The highest BCUT2D eigenvalue weighted by atomic mass is 32.1. The maximum atomic E-state index is 12.3. The van der Waals surface area contributed by atoms with Crippen LogP contribution >= 0.6 is 22.7 Å². The molecule has 1 saturated heterocycles. The number of thiazole rings is 2. The third kappa shape index (κ3) is 5.68. The van der Waals surface area contributed by atoms with Gasteiger partial charge in [0.1, 0.15) is 24.1 Å². The number of methoxy groups -OCH3 is 1. The number of hydrogen-bond donors (Lipinski definition) is 0. The lowest BCUT2D eigenvalue weighted by Crippen LogP contribution is -2.24. The van der Waals surface area contributed by atoms with Gasteiger partial charge in [-0.1, -0.05) is 24.3 Å².